The maximum Gasteiger partial charge on any atom is 0.353 e. The summed E-state index contributed by atoms with van der Waals surface area (Å²) in [6, 6.07) is 9.33. The number of pyridine rings is 1. The monoisotopic (exact) mass is 350 g/mol. The Kier molecular flexibility index (Phi) is 4.74. The van der Waals surface area contributed by atoms with Crippen LogP contribution in [0.25, 0.3) is 0 Å². The molecule has 2 heterocycles. The van der Waals surface area contributed by atoms with Crippen LogP contribution in [0.3, 0.4) is 0 Å². The summed E-state index contributed by atoms with van der Waals surface area (Å²) in [6.45, 7) is 5.83. The first kappa shape index (κ1) is 17.3. The normalized spacial score (nSPS) is 10.4. The Bertz CT molecular complexity index is 974. The molecule has 0 bridgehead atoms. The van der Waals surface area contributed by atoms with Crippen molar-refractivity contribution in [2.75, 3.05) is 10.6 Å². The first-order chi connectivity index (χ1) is 12.5. The van der Waals surface area contributed by atoms with Gasteiger partial charge in [0, 0.05) is 11.9 Å². The lowest BCUT2D eigenvalue weighted by atomic mass is 10.1. The summed E-state index contributed by atoms with van der Waals surface area (Å²) in [5, 5.41) is 17.6. The van der Waals surface area contributed by atoms with Gasteiger partial charge in [-0.05, 0) is 55.7 Å². The number of aryl methyl sites for hydroxylation is 2. The topological polar surface area (TPSA) is 106 Å². The van der Waals surface area contributed by atoms with Crippen LogP contribution >= 0.6 is 0 Å². The van der Waals surface area contributed by atoms with E-state index in [9.17, 15) is 10.1 Å². The smallest absolute Gasteiger partial charge is 0.334 e. The number of benzene rings is 1. The van der Waals surface area contributed by atoms with Gasteiger partial charge < -0.3 is 10.6 Å². The van der Waals surface area contributed by atoms with E-state index in [-0.39, 0.29) is 17.3 Å². The third kappa shape index (κ3) is 3.59. The van der Waals surface area contributed by atoms with Gasteiger partial charge in [0.1, 0.15) is 12.1 Å². The minimum atomic E-state index is -0.508. The Balaban J connectivity index is 2.01. The Morgan fingerprint density at radius 1 is 1.00 bits per heavy atom. The lowest BCUT2D eigenvalue weighted by Gasteiger charge is -2.12. The molecule has 0 aliphatic heterocycles. The molecular formula is C18H18N6O2. The highest BCUT2D eigenvalue weighted by Gasteiger charge is 2.24. The molecule has 0 spiro atoms. The van der Waals surface area contributed by atoms with Gasteiger partial charge in [-0.3, -0.25) is 10.1 Å². The maximum atomic E-state index is 11.7. The van der Waals surface area contributed by atoms with Crippen molar-refractivity contribution in [2.45, 2.75) is 20.8 Å². The van der Waals surface area contributed by atoms with Crippen LogP contribution in [0, 0.1) is 30.9 Å². The molecule has 3 rings (SSSR count). The van der Waals surface area contributed by atoms with Crippen molar-refractivity contribution < 1.29 is 4.92 Å². The fourth-order valence-corrected chi connectivity index (χ4v) is 2.47. The van der Waals surface area contributed by atoms with Crippen molar-refractivity contribution in [1.29, 1.82) is 0 Å². The number of nitro groups is 1. The number of nitrogens with zero attached hydrogens (tertiary/aromatic N) is 4. The van der Waals surface area contributed by atoms with Crippen molar-refractivity contribution in [2.24, 2.45) is 0 Å². The third-order valence-electron chi connectivity index (χ3n) is 4.02. The predicted molar refractivity (Wildman–Crippen MR) is 100 cm³/mol. The summed E-state index contributed by atoms with van der Waals surface area (Å²) < 4.78 is 0. The summed E-state index contributed by atoms with van der Waals surface area (Å²) in [6.07, 6.45) is 2.90. The van der Waals surface area contributed by atoms with Gasteiger partial charge in [0.15, 0.2) is 0 Å². The van der Waals surface area contributed by atoms with E-state index in [4.69, 9.17) is 0 Å². The van der Waals surface area contributed by atoms with E-state index in [1.807, 2.05) is 45.0 Å². The molecule has 0 fully saturated rings. The minimum Gasteiger partial charge on any atom is -0.334 e. The summed E-state index contributed by atoms with van der Waals surface area (Å²) in [5.41, 5.74) is 3.57. The Hall–Kier alpha value is -3.55. The van der Waals surface area contributed by atoms with Crippen molar-refractivity contribution in [3.05, 3.63) is 69.7 Å². The lowest BCUT2D eigenvalue weighted by molar-refractivity contribution is -0.383. The average molecular weight is 350 g/mol. The van der Waals surface area contributed by atoms with Gasteiger partial charge in [-0.25, -0.2) is 15.0 Å². The second kappa shape index (κ2) is 7.14. The van der Waals surface area contributed by atoms with Gasteiger partial charge in [0.2, 0.25) is 11.6 Å². The van der Waals surface area contributed by atoms with Crippen LogP contribution in [0.5, 0.6) is 0 Å². The SMILES string of the molecule is Cc1ccnc(Nc2ncnc(Nc3cccc(C)c3C)c2[N+](=O)[O-])c1. The molecule has 0 saturated carbocycles. The Morgan fingerprint density at radius 3 is 2.42 bits per heavy atom. The molecule has 132 valence electrons. The Morgan fingerprint density at radius 2 is 1.73 bits per heavy atom. The van der Waals surface area contributed by atoms with Crippen LogP contribution in [-0.4, -0.2) is 19.9 Å². The van der Waals surface area contributed by atoms with Crippen molar-refractivity contribution in [1.82, 2.24) is 15.0 Å². The molecule has 0 saturated heterocycles. The molecule has 2 aromatic heterocycles. The van der Waals surface area contributed by atoms with E-state index in [1.165, 1.54) is 6.33 Å². The molecular weight excluding hydrogens is 332 g/mol. The number of hydrogen-bond acceptors (Lipinski definition) is 7. The van der Waals surface area contributed by atoms with E-state index < -0.39 is 4.92 Å². The molecule has 1 aromatic carbocycles. The van der Waals surface area contributed by atoms with E-state index in [0.717, 1.165) is 22.4 Å². The summed E-state index contributed by atoms with van der Waals surface area (Å²) >= 11 is 0. The largest absolute Gasteiger partial charge is 0.353 e. The van der Waals surface area contributed by atoms with Crippen molar-refractivity contribution in [3.8, 4) is 0 Å². The molecule has 8 heteroatoms. The summed E-state index contributed by atoms with van der Waals surface area (Å²) in [4.78, 5) is 23.4. The molecule has 0 unspecified atom stereocenters. The van der Waals surface area contributed by atoms with E-state index >= 15 is 0 Å². The van der Waals surface area contributed by atoms with Crippen molar-refractivity contribution in [3.63, 3.8) is 0 Å². The summed E-state index contributed by atoms with van der Waals surface area (Å²) in [7, 11) is 0. The van der Waals surface area contributed by atoms with E-state index in [1.54, 1.807) is 12.3 Å². The highest BCUT2D eigenvalue weighted by atomic mass is 16.6. The molecule has 0 amide bonds. The molecule has 0 atom stereocenters. The molecule has 0 aliphatic rings. The predicted octanol–water partition coefficient (Wildman–Crippen LogP) is 4.19. The second-order valence-corrected chi connectivity index (χ2v) is 5.89. The number of hydrogen-bond donors (Lipinski definition) is 2. The fourth-order valence-electron chi connectivity index (χ4n) is 2.47. The summed E-state index contributed by atoms with van der Waals surface area (Å²) in [5.74, 6) is 0.675. The minimum absolute atomic E-state index is 0.0795. The quantitative estimate of drug-likeness (QED) is 0.525. The number of rotatable bonds is 5. The Labute approximate surface area is 150 Å². The number of nitrogens with one attached hydrogen (secondary N) is 2. The average Bonchev–Trinajstić information content (AvgIpc) is 2.59. The van der Waals surface area contributed by atoms with Crippen molar-refractivity contribution >= 4 is 28.8 Å². The third-order valence-corrected chi connectivity index (χ3v) is 4.02. The highest BCUT2D eigenvalue weighted by molar-refractivity contribution is 5.77. The molecule has 0 aliphatic carbocycles. The first-order valence-electron chi connectivity index (χ1n) is 7.98. The number of anilines is 4. The zero-order chi connectivity index (χ0) is 18.7. The van der Waals surface area contributed by atoms with Crippen LogP contribution in [0.2, 0.25) is 0 Å². The van der Waals surface area contributed by atoms with Gasteiger partial charge in [0.05, 0.1) is 4.92 Å². The zero-order valence-corrected chi connectivity index (χ0v) is 14.6. The zero-order valence-electron chi connectivity index (χ0n) is 14.6. The lowest BCUT2D eigenvalue weighted by Crippen LogP contribution is -2.06. The van der Waals surface area contributed by atoms with E-state index in [2.05, 4.69) is 25.6 Å². The van der Waals surface area contributed by atoms with Gasteiger partial charge >= 0.3 is 5.69 Å². The van der Waals surface area contributed by atoms with Crippen LogP contribution in [0.1, 0.15) is 16.7 Å². The number of aromatic nitrogens is 3. The van der Waals surface area contributed by atoms with Crippen LogP contribution < -0.4 is 10.6 Å². The maximum absolute atomic E-state index is 11.7. The standard InChI is InChI=1S/C18H18N6O2/c1-11-7-8-19-15(9-11)23-18-16(24(25)26)17(20-10-21-18)22-14-6-4-5-12(2)13(14)3/h4-10H,1-3H3,(H2,19,20,21,22,23). The molecule has 0 radical (unpaired) electrons. The first-order valence-corrected chi connectivity index (χ1v) is 7.98. The van der Waals surface area contributed by atoms with Gasteiger partial charge in [-0.1, -0.05) is 12.1 Å². The van der Waals surface area contributed by atoms with Gasteiger partial charge in [-0.15, -0.1) is 0 Å². The van der Waals surface area contributed by atoms with Crippen LogP contribution in [0.15, 0.2) is 42.9 Å². The van der Waals surface area contributed by atoms with Gasteiger partial charge in [0.25, 0.3) is 0 Å². The molecule has 3 aromatic rings. The van der Waals surface area contributed by atoms with Crippen LogP contribution in [0.4, 0.5) is 28.8 Å². The molecule has 8 nitrogen and oxygen atoms in total. The van der Waals surface area contributed by atoms with Crippen LogP contribution in [-0.2, 0) is 0 Å². The second-order valence-electron chi connectivity index (χ2n) is 5.89. The molecule has 26 heavy (non-hydrogen) atoms. The molecule has 2 N–H and O–H groups in total. The highest BCUT2D eigenvalue weighted by Crippen LogP contribution is 2.33. The van der Waals surface area contributed by atoms with Gasteiger partial charge in [-0.2, -0.15) is 0 Å². The van der Waals surface area contributed by atoms with E-state index in [0.29, 0.717) is 5.82 Å². The fraction of sp³-hybridized carbons (Fsp3) is 0.167.